The lowest BCUT2D eigenvalue weighted by Gasteiger charge is -2.48. The molecule has 4 N–H and O–H groups in total. The van der Waals surface area contributed by atoms with Crippen LogP contribution in [0.3, 0.4) is 0 Å². The number of H-pyrrole nitrogens is 1. The van der Waals surface area contributed by atoms with Crippen LogP contribution in [0.5, 0.6) is 0 Å². The predicted molar refractivity (Wildman–Crippen MR) is 108 cm³/mol. The van der Waals surface area contributed by atoms with E-state index in [0.717, 1.165) is 31.0 Å². The van der Waals surface area contributed by atoms with Gasteiger partial charge in [0, 0.05) is 36.7 Å². The number of nitrogens with two attached hydrogens (primary N) is 1. The number of nitrogen functional groups attached to an aromatic ring is 1. The second-order valence-corrected chi connectivity index (χ2v) is 8.15. The Bertz CT molecular complexity index is 785. The summed E-state index contributed by atoms with van der Waals surface area (Å²) in [6.07, 6.45) is 1.36. The summed E-state index contributed by atoms with van der Waals surface area (Å²) in [4.78, 5) is 8.58. The van der Waals surface area contributed by atoms with Gasteiger partial charge in [-0.15, -0.1) is 5.10 Å². The van der Waals surface area contributed by atoms with Crippen molar-refractivity contribution in [3.8, 4) is 0 Å². The zero-order valence-electron chi connectivity index (χ0n) is 16.0. The summed E-state index contributed by atoms with van der Waals surface area (Å²) in [5.41, 5.74) is 6.85. The number of hydrogen-bond donors (Lipinski definition) is 3. The van der Waals surface area contributed by atoms with Gasteiger partial charge in [0.05, 0.1) is 18.8 Å². The summed E-state index contributed by atoms with van der Waals surface area (Å²) in [6, 6.07) is 8.27. The van der Waals surface area contributed by atoms with Crippen molar-refractivity contribution in [2.45, 2.75) is 44.1 Å². The van der Waals surface area contributed by atoms with E-state index in [9.17, 15) is 5.11 Å². The Morgan fingerprint density at radius 1 is 1.32 bits per heavy atom. The number of halogens is 1. The number of ether oxygens (including phenoxy) is 1. The molecule has 8 nitrogen and oxygen atoms in total. The van der Waals surface area contributed by atoms with Gasteiger partial charge in [-0.2, -0.15) is 4.98 Å². The number of morpholine rings is 1. The molecule has 9 heteroatoms. The number of hydrogen-bond acceptors (Lipinski definition) is 7. The van der Waals surface area contributed by atoms with Crippen molar-refractivity contribution in [2.75, 3.05) is 36.9 Å². The van der Waals surface area contributed by atoms with Crippen LogP contribution >= 0.6 is 11.6 Å². The molecule has 1 aromatic heterocycles. The molecule has 4 rings (SSSR count). The molecule has 28 heavy (non-hydrogen) atoms. The lowest BCUT2D eigenvalue weighted by molar-refractivity contribution is -0.0950. The van der Waals surface area contributed by atoms with E-state index in [2.05, 4.69) is 39.1 Å². The van der Waals surface area contributed by atoms with Crippen molar-refractivity contribution in [3.05, 3.63) is 34.9 Å². The standard InChI is InChI=1S/C19H27ClN6O2/c1-12-9-26(15(11-28-12)8-13-2-4-14(20)5-3-13)16-6-7-25(10-17(16)27)19-22-18(21)23-24-19/h2-5,12,15-17,27H,6-11H2,1H3,(H3,21,22,23,24)/t12?,15?,16?,17-/m1/s1. The maximum absolute atomic E-state index is 10.9. The van der Waals surface area contributed by atoms with E-state index in [0.29, 0.717) is 19.1 Å². The van der Waals surface area contributed by atoms with E-state index in [1.54, 1.807) is 0 Å². The monoisotopic (exact) mass is 406 g/mol. The summed E-state index contributed by atoms with van der Waals surface area (Å²) < 4.78 is 5.94. The highest BCUT2D eigenvalue weighted by Gasteiger charge is 2.39. The number of piperidine rings is 1. The fraction of sp³-hybridized carbons (Fsp3) is 0.579. The normalized spacial score (nSPS) is 29.2. The number of nitrogens with one attached hydrogen (secondary N) is 1. The Morgan fingerprint density at radius 3 is 2.79 bits per heavy atom. The number of rotatable bonds is 4. The van der Waals surface area contributed by atoms with Crippen LogP contribution in [0.25, 0.3) is 0 Å². The fourth-order valence-corrected chi connectivity index (χ4v) is 4.36. The Labute approximate surface area is 169 Å². The van der Waals surface area contributed by atoms with E-state index in [1.807, 2.05) is 17.0 Å². The van der Waals surface area contributed by atoms with Gasteiger partial charge in [-0.05, 0) is 37.5 Å². The molecule has 1 aromatic carbocycles. The van der Waals surface area contributed by atoms with Crippen LogP contribution < -0.4 is 10.6 Å². The second-order valence-electron chi connectivity index (χ2n) is 7.72. The first-order valence-electron chi connectivity index (χ1n) is 9.72. The van der Waals surface area contributed by atoms with Gasteiger partial charge >= 0.3 is 0 Å². The minimum Gasteiger partial charge on any atom is -0.390 e. The third-order valence-corrected chi connectivity index (χ3v) is 5.89. The van der Waals surface area contributed by atoms with E-state index in [4.69, 9.17) is 22.1 Å². The molecule has 2 aliphatic heterocycles. The highest BCUT2D eigenvalue weighted by atomic mass is 35.5. The molecule has 0 saturated carbocycles. The Balaban J connectivity index is 1.46. The first-order chi connectivity index (χ1) is 13.5. The van der Waals surface area contributed by atoms with Crippen LogP contribution in [-0.2, 0) is 11.2 Å². The number of anilines is 2. The molecule has 4 atom stereocenters. The molecule has 0 bridgehead atoms. The van der Waals surface area contributed by atoms with Crippen molar-refractivity contribution in [1.29, 1.82) is 0 Å². The van der Waals surface area contributed by atoms with E-state index >= 15 is 0 Å². The van der Waals surface area contributed by atoms with Gasteiger partial charge in [-0.25, -0.2) is 5.10 Å². The van der Waals surface area contributed by atoms with Crippen molar-refractivity contribution in [1.82, 2.24) is 20.1 Å². The van der Waals surface area contributed by atoms with Crippen molar-refractivity contribution < 1.29 is 9.84 Å². The number of nitrogens with zero attached hydrogens (tertiary/aromatic N) is 4. The van der Waals surface area contributed by atoms with Crippen LogP contribution in [0, 0.1) is 0 Å². The van der Waals surface area contributed by atoms with Crippen molar-refractivity contribution in [2.24, 2.45) is 0 Å². The van der Waals surface area contributed by atoms with Crippen LogP contribution in [-0.4, -0.2) is 75.7 Å². The molecule has 3 heterocycles. The van der Waals surface area contributed by atoms with Crippen LogP contribution in [0.2, 0.25) is 5.02 Å². The SMILES string of the molecule is CC1CN(C2CCN(c3n[nH]c(N)n3)C[C@H]2O)C(Cc2ccc(Cl)cc2)CO1. The third kappa shape index (κ3) is 4.25. The average Bonchev–Trinajstić information content (AvgIpc) is 3.11. The minimum absolute atomic E-state index is 0.0798. The molecule has 2 saturated heterocycles. The van der Waals surface area contributed by atoms with Crippen molar-refractivity contribution in [3.63, 3.8) is 0 Å². The highest BCUT2D eigenvalue weighted by Crippen LogP contribution is 2.27. The maximum atomic E-state index is 10.9. The predicted octanol–water partition coefficient (Wildman–Crippen LogP) is 1.31. The summed E-state index contributed by atoms with van der Waals surface area (Å²) in [7, 11) is 0. The summed E-state index contributed by atoms with van der Waals surface area (Å²) in [5.74, 6) is 0.833. The smallest absolute Gasteiger partial charge is 0.246 e. The van der Waals surface area contributed by atoms with E-state index in [1.165, 1.54) is 5.56 Å². The highest BCUT2D eigenvalue weighted by molar-refractivity contribution is 6.30. The number of aliphatic hydroxyl groups is 1. The summed E-state index contributed by atoms with van der Waals surface area (Å²) >= 11 is 6.02. The quantitative estimate of drug-likeness (QED) is 0.703. The minimum atomic E-state index is -0.494. The van der Waals surface area contributed by atoms with Gasteiger partial charge in [0.1, 0.15) is 0 Å². The molecule has 0 amide bonds. The zero-order chi connectivity index (χ0) is 19.7. The number of β-amino-alcohol motifs (C(OH)–C–C–N with tert-alkyl or cyclic N) is 1. The van der Waals surface area contributed by atoms with Gasteiger partial charge in [-0.3, -0.25) is 4.90 Å². The Hall–Kier alpha value is -1.87. The molecule has 0 spiro atoms. The molecule has 2 aliphatic rings. The summed E-state index contributed by atoms with van der Waals surface area (Å²) in [6.45, 7) is 4.82. The van der Waals surface area contributed by atoms with Gasteiger partial charge in [-0.1, -0.05) is 23.7 Å². The Kier molecular flexibility index (Phi) is 5.73. The lowest BCUT2D eigenvalue weighted by atomic mass is 9.94. The van der Waals surface area contributed by atoms with Gasteiger partial charge in [0.25, 0.3) is 0 Å². The molecule has 3 unspecified atom stereocenters. The zero-order valence-corrected chi connectivity index (χ0v) is 16.7. The largest absolute Gasteiger partial charge is 0.390 e. The van der Waals surface area contributed by atoms with Gasteiger partial charge < -0.3 is 20.5 Å². The van der Waals surface area contributed by atoms with Gasteiger partial charge in [0.15, 0.2) is 0 Å². The number of benzene rings is 1. The lowest BCUT2D eigenvalue weighted by Crippen LogP contribution is -2.61. The second kappa shape index (κ2) is 8.24. The van der Waals surface area contributed by atoms with Crippen LogP contribution in [0.4, 0.5) is 11.9 Å². The fourth-order valence-electron chi connectivity index (χ4n) is 4.24. The molecule has 2 fully saturated rings. The number of aliphatic hydroxyl groups excluding tert-OH is 1. The average molecular weight is 407 g/mol. The topological polar surface area (TPSA) is 104 Å². The van der Waals surface area contributed by atoms with Crippen LogP contribution in [0.15, 0.2) is 24.3 Å². The third-order valence-electron chi connectivity index (χ3n) is 5.64. The summed E-state index contributed by atoms with van der Waals surface area (Å²) in [5, 5.41) is 18.4. The number of aromatic nitrogens is 3. The molecule has 0 aliphatic carbocycles. The molecular formula is C19H27ClN6O2. The van der Waals surface area contributed by atoms with Crippen LogP contribution in [0.1, 0.15) is 18.9 Å². The molecule has 0 radical (unpaired) electrons. The number of aromatic amines is 1. The molecular weight excluding hydrogens is 380 g/mol. The van der Waals surface area contributed by atoms with E-state index in [-0.39, 0.29) is 24.1 Å². The van der Waals surface area contributed by atoms with Crippen molar-refractivity contribution >= 4 is 23.5 Å². The maximum Gasteiger partial charge on any atom is 0.246 e. The molecule has 2 aromatic rings. The molecule has 152 valence electrons. The Morgan fingerprint density at radius 2 is 2.11 bits per heavy atom. The first kappa shape index (κ1) is 19.4. The van der Waals surface area contributed by atoms with E-state index < -0.39 is 6.10 Å². The van der Waals surface area contributed by atoms with Gasteiger partial charge in [0.2, 0.25) is 11.9 Å². The first-order valence-corrected chi connectivity index (χ1v) is 10.1.